The number of hydrogen-bond donors (Lipinski definition) is 2. The van der Waals surface area contributed by atoms with Gasteiger partial charge in [-0.2, -0.15) is 0 Å². The van der Waals surface area contributed by atoms with Crippen molar-refractivity contribution in [1.29, 1.82) is 0 Å². The van der Waals surface area contributed by atoms with Crippen LogP contribution in [-0.4, -0.2) is 23.4 Å². The van der Waals surface area contributed by atoms with Gasteiger partial charge in [0.05, 0.1) is 0 Å². The molecule has 0 saturated carbocycles. The first-order chi connectivity index (χ1) is 7.11. The van der Waals surface area contributed by atoms with Gasteiger partial charge in [-0.05, 0) is 28.1 Å². The molecule has 0 atom stereocenters. The first-order valence-electron chi connectivity index (χ1n) is 3.92. The molecule has 0 spiro atoms. The predicted octanol–water partition coefficient (Wildman–Crippen LogP) is -0.00920. The molecule has 0 radical (unpaired) electrons. The van der Waals surface area contributed by atoms with Gasteiger partial charge in [0, 0.05) is 10.7 Å². The Bertz CT molecular complexity index is 383. The largest absolute Gasteiger partial charge is 0.368 e. The Morgan fingerprint density at radius 1 is 1.60 bits per heavy atom. The number of rotatable bonds is 4. The van der Waals surface area contributed by atoms with Gasteiger partial charge < -0.3 is 5.73 Å². The van der Waals surface area contributed by atoms with E-state index in [0.29, 0.717) is 4.47 Å². The minimum Gasteiger partial charge on any atom is -0.368 e. The molecule has 0 bridgehead atoms. The zero-order valence-corrected chi connectivity index (χ0v) is 9.15. The van der Waals surface area contributed by atoms with Crippen LogP contribution in [0.1, 0.15) is 10.5 Å². The zero-order chi connectivity index (χ0) is 11.3. The number of halogens is 1. The van der Waals surface area contributed by atoms with Crippen LogP contribution in [0.15, 0.2) is 22.8 Å². The highest BCUT2D eigenvalue weighted by Crippen LogP contribution is 2.12. The Kier molecular flexibility index (Phi) is 4.19. The molecule has 1 rings (SSSR count). The summed E-state index contributed by atoms with van der Waals surface area (Å²) in [4.78, 5) is 30.0. The van der Waals surface area contributed by atoms with E-state index in [9.17, 15) is 9.59 Å². The molecule has 6 nitrogen and oxygen atoms in total. The van der Waals surface area contributed by atoms with Crippen LogP contribution in [-0.2, 0) is 9.63 Å². The smallest absolute Gasteiger partial charge is 0.294 e. The molecule has 7 heteroatoms. The standard InChI is InChI=1S/C8H8BrN3O3/c9-5-2-1-3-11-7(5)8(14)12-15-4-6(10)13/h1-3H,4H2,(H2,10,13)(H,12,14). The molecule has 2 amide bonds. The first kappa shape index (κ1) is 11.6. The van der Waals surface area contributed by atoms with Crippen molar-refractivity contribution in [3.63, 3.8) is 0 Å². The summed E-state index contributed by atoms with van der Waals surface area (Å²) in [6, 6.07) is 3.33. The minimum absolute atomic E-state index is 0.168. The van der Waals surface area contributed by atoms with Gasteiger partial charge in [-0.3, -0.25) is 14.4 Å². The fraction of sp³-hybridized carbons (Fsp3) is 0.125. The van der Waals surface area contributed by atoms with Crippen LogP contribution in [0.3, 0.4) is 0 Å². The average Bonchev–Trinajstić information content (AvgIpc) is 2.17. The van der Waals surface area contributed by atoms with Crippen molar-refractivity contribution in [2.24, 2.45) is 5.73 Å². The average molecular weight is 274 g/mol. The van der Waals surface area contributed by atoms with Crippen LogP contribution in [0.5, 0.6) is 0 Å². The highest BCUT2D eigenvalue weighted by molar-refractivity contribution is 9.10. The lowest BCUT2D eigenvalue weighted by atomic mass is 10.3. The van der Waals surface area contributed by atoms with Crippen molar-refractivity contribution >= 4 is 27.7 Å². The number of aromatic nitrogens is 1. The number of nitrogens with two attached hydrogens (primary N) is 1. The van der Waals surface area contributed by atoms with Crippen molar-refractivity contribution in [2.45, 2.75) is 0 Å². The van der Waals surface area contributed by atoms with Gasteiger partial charge in [0.2, 0.25) is 5.91 Å². The van der Waals surface area contributed by atoms with Gasteiger partial charge in [-0.1, -0.05) is 0 Å². The Labute approximate surface area is 93.9 Å². The Morgan fingerprint density at radius 2 is 2.33 bits per heavy atom. The number of carbonyl (C=O) groups is 2. The van der Waals surface area contributed by atoms with Gasteiger partial charge in [0.1, 0.15) is 5.69 Å². The maximum Gasteiger partial charge on any atom is 0.294 e. The van der Waals surface area contributed by atoms with E-state index in [1.807, 2.05) is 5.48 Å². The molecule has 0 fully saturated rings. The lowest BCUT2D eigenvalue weighted by Gasteiger charge is -2.04. The maximum atomic E-state index is 11.4. The molecular formula is C8H8BrN3O3. The Balaban J connectivity index is 2.54. The number of nitrogens with zero attached hydrogens (tertiary/aromatic N) is 1. The van der Waals surface area contributed by atoms with Crippen LogP contribution < -0.4 is 11.2 Å². The normalized spacial score (nSPS) is 9.67. The number of pyridine rings is 1. The van der Waals surface area contributed by atoms with Gasteiger partial charge in [-0.25, -0.2) is 10.5 Å². The Morgan fingerprint density at radius 3 is 2.93 bits per heavy atom. The molecule has 0 aliphatic heterocycles. The van der Waals surface area contributed by atoms with Crippen LogP contribution in [0, 0.1) is 0 Å². The third-order valence-corrected chi connectivity index (χ3v) is 1.99. The number of nitrogens with one attached hydrogen (secondary N) is 1. The summed E-state index contributed by atoms with van der Waals surface area (Å²) in [6.45, 7) is -0.379. The van der Waals surface area contributed by atoms with E-state index in [2.05, 4.69) is 25.8 Å². The van der Waals surface area contributed by atoms with Crippen LogP contribution >= 0.6 is 15.9 Å². The van der Waals surface area contributed by atoms with Gasteiger partial charge in [0.25, 0.3) is 5.91 Å². The quantitative estimate of drug-likeness (QED) is 0.755. The summed E-state index contributed by atoms with van der Waals surface area (Å²) >= 11 is 3.15. The van der Waals surface area contributed by atoms with Crippen molar-refractivity contribution in [3.05, 3.63) is 28.5 Å². The Hall–Kier alpha value is -1.47. The number of primary amides is 1. The fourth-order valence-electron chi connectivity index (χ4n) is 0.774. The van der Waals surface area contributed by atoms with Gasteiger partial charge >= 0.3 is 0 Å². The molecule has 15 heavy (non-hydrogen) atoms. The number of hydroxylamine groups is 1. The number of amides is 2. The molecule has 0 aromatic carbocycles. The van der Waals surface area contributed by atoms with E-state index < -0.39 is 11.8 Å². The topological polar surface area (TPSA) is 94.3 Å². The molecule has 1 aromatic heterocycles. The summed E-state index contributed by atoms with van der Waals surface area (Å²) in [5.41, 5.74) is 7.01. The third kappa shape index (κ3) is 3.64. The predicted molar refractivity (Wildman–Crippen MR) is 54.5 cm³/mol. The summed E-state index contributed by atoms with van der Waals surface area (Å²) in [6.07, 6.45) is 1.47. The highest BCUT2D eigenvalue weighted by Gasteiger charge is 2.10. The fourth-order valence-corrected chi connectivity index (χ4v) is 1.21. The first-order valence-corrected chi connectivity index (χ1v) is 4.71. The van der Waals surface area contributed by atoms with E-state index >= 15 is 0 Å². The number of carbonyl (C=O) groups excluding carboxylic acids is 2. The molecule has 0 aliphatic rings. The minimum atomic E-state index is -0.671. The van der Waals surface area contributed by atoms with E-state index in [0.717, 1.165) is 0 Å². The van der Waals surface area contributed by atoms with Crippen molar-refractivity contribution in [3.8, 4) is 0 Å². The van der Waals surface area contributed by atoms with E-state index in [1.54, 1.807) is 12.1 Å². The SMILES string of the molecule is NC(=O)CONC(=O)c1ncccc1Br. The molecule has 1 aromatic rings. The van der Waals surface area contributed by atoms with Gasteiger partial charge in [0.15, 0.2) is 6.61 Å². The molecule has 3 N–H and O–H groups in total. The van der Waals surface area contributed by atoms with Gasteiger partial charge in [-0.15, -0.1) is 0 Å². The molecule has 0 aliphatic carbocycles. The number of hydrogen-bond acceptors (Lipinski definition) is 4. The monoisotopic (exact) mass is 273 g/mol. The molecular weight excluding hydrogens is 266 g/mol. The zero-order valence-electron chi connectivity index (χ0n) is 7.57. The molecule has 80 valence electrons. The second-order valence-corrected chi connectivity index (χ2v) is 3.37. The van der Waals surface area contributed by atoms with Crippen LogP contribution in [0.25, 0.3) is 0 Å². The summed E-state index contributed by atoms with van der Waals surface area (Å²) in [5.74, 6) is -1.22. The van der Waals surface area contributed by atoms with E-state index in [-0.39, 0.29) is 12.3 Å². The molecule has 0 unspecified atom stereocenters. The van der Waals surface area contributed by atoms with Crippen molar-refractivity contribution < 1.29 is 14.4 Å². The summed E-state index contributed by atoms with van der Waals surface area (Å²) in [7, 11) is 0. The second kappa shape index (κ2) is 5.42. The summed E-state index contributed by atoms with van der Waals surface area (Å²) < 4.78 is 0.533. The second-order valence-electron chi connectivity index (χ2n) is 2.52. The third-order valence-electron chi connectivity index (χ3n) is 1.35. The van der Waals surface area contributed by atoms with Crippen molar-refractivity contribution in [1.82, 2.24) is 10.5 Å². The van der Waals surface area contributed by atoms with E-state index in [1.165, 1.54) is 6.20 Å². The van der Waals surface area contributed by atoms with Crippen molar-refractivity contribution in [2.75, 3.05) is 6.61 Å². The highest BCUT2D eigenvalue weighted by atomic mass is 79.9. The van der Waals surface area contributed by atoms with Crippen LogP contribution in [0.2, 0.25) is 0 Å². The lowest BCUT2D eigenvalue weighted by molar-refractivity contribution is -0.124. The maximum absolute atomic E-state index is 11.4. The lowest BCUT2D eigenvalue weighted by Crippen LogP contribution is -2.30. The van der Waals surface area contributed by atoms with E-state index in [4.69, 9.17) is 5.73 Å². The summed E-state index contributed by atoms with van der Waals surface area (Å²) in [5, 5.41) is 0. The van der Waals surface area contributed by atoms with Crippen LogP contribution in [0.4, 0.5) is 0 Å². The molecule has 1 heterocycles. The molecule has 0 saturated heterocycles.